The van der Waals surface area contributed by atoms with E-state index >= 15 is 0 Å². The minimum absolute atomic E-state index is 0.222. The summed E-state index contributed by atoms with van der Waals surface area (Å²) >= 11 is 14.1. The predicted molar refractivity (Wildman–Crippen MR) is 184 cm³/mol. The van der Waals surface area contributed by atoms with E-state index in [9.17, 15) is 4.79 Å². The summed E-state index contributed by atoms with van der Waals surface area (Å²) in [7, 11) is 3.23. The van der Waals surface area contributed by atoms with Gasteiger partial charge in [0.2, 0.25) is 0 Å². The summed E-state index contributed by atoms with van der Waals surface area (Å²) in [6.07, 6.45) is 1.82. The van der Waals surface area contributed by atoms with Crippen LogP contribution in [-0.4, -0.2) is 31.9 Å². The van der Waals surface area contributed by atoms with Crippen molar-refractivity contribution in [3.8, 4) is 23.0 Å². The van der Waals surface area contributed by atoms with Crippen LogP contribution in [0.15, 0.2) is 82.7 Å². The Kier molecular flexibility index (Phi) is 10.3. The summed E-state index contributed by atoms with van der Waals surface area (Å²) in [5.74, 6) is 2.28. The summed E-state index contributed by atoms with van der Waals surface area (Å²) in [4.78, 5) is 20.7. The second kappa shape index (κ2) is 14.3. The number of amidine groups is 1. The van der Waals surface area contributed by atoms with Crippen LogP contribution < -0.4 is 23.8 Å². The molecule has 10 heteroatoms. The summed E-state index contributed by atoms with van der Waals surface area (Å²) in [5, 5.41) is 1.65. The normalized spacial score (nSPS) is 14.7. The zero-order chi connectivity index (χ0) is 32.1. The maximum absolute atomic E-state index is 13.9. The van der Waals surface area contributed by atoms with Gasteiger partial charge >= 0.3 is 0 Å². The number of rotatable bonds is 10. The molecule has 0 N–H and O–H groups in total. The molecule has 4 aromatic rings. The van der Waals surface area contributed by atoms with Crippen molar-refractivity contribution in [2.45, 2.75) is 27.4 Å². The fourth-order valence-electron chi connectivity index (χ4n) is 4.56. The Bertz CT molecular complexity index is 1810. The zero-order valence-corrected chi connectivity index (χ0v) is 27.8. The van der Waals surface area contributed by atoms with Crippen LogP contribution in [0, 0.1) is 13.8 Å². The number of ether oxygens (including phenoxy) is 4. The number of benzene rings is 4. The van der Waals surface area contributed by atoms with Crippen molar-refractivity contribution in [3.05, 3.63) is 110 Å². The maximum atomic E-state index is 13.9. The molecule has 45 heavy (non-hydrogen) atoms. The van der Waals surface area contributed by atoms with Crippen LogP contribution in [0.25, 0.3) is 6.08 Å². The van der Waals surface area contributed by atoms with Gasteiger partial charge in [-0.2, -0.15) is 0 Å². The number of halogens is 2. The molecule has 232 valence electrons. The van der Waals surface area contributed by atoms with Gasteiger partial charge in [0, 0.05) is 15.6 Å². The minimum atomic E-state index is -0.222. The Hall–Kier alpha value is -4.11. The lowest BCUT2D eigenvalue weighted by molar-refractivity contribution is -0.113. The largest absolute Gasteiger partial charge is 0.497 e. The average molecular weight is 664 g/mol. The molecule has 5 rings (SSSR count). The van der Waals surface area contributed by atoms with Crippen LogP contribution in [0.4, 0.5) is 11.4 Å². The van der Waals surface area contributed by atoms with E-state index in [-0.39, 0.29) is 12.5 Å². The van der Waals surface area contributed by atoms with Crippen LogP contribution in [0.5, 0.6) is 23.0 Å². The van der Waals surface area contributed by atoms with Gasteiger partial charge in [-0.05, 0) is 110 Å². The van der Waals surface area contributed by atoms with E-state index in [2.05, 4.69) is 0 Å². The van der Waals surface area contributed by atoms with Gasteiger partial charge in [-0.3, -0.25) is 9.69 Å². The smallest absolute Gasteiger partial charge is 0.271 e. The van der Waals surface area contributed by atoms with Gasteiger partial charge in [-0.15, -0.1) is 0 Å². The number of amides is 1. The molecule has 0 atom stereocenters. The highest BCUT2D eigenvalue weighted by atomic mass is 35.5. The topological polar surface area (TPSA) is 69.6 Å². The molecule has 1 amide bonds. The molecule has 1 aliphatic heterocycles. The highest BCUT2D eigenvalue weighted by molar-refractivity contribution is 8.19. The van der Waals surface area contributed by atoms with Crippen molar-refractivity contribution in [3.63, 3.8) is 0 Å². The van der Waals surface area contributed by atoms with Gasteiger partial charge in [-0.25, -0.2) is 4.99 Å². The Morgan fingerprint density at radius 1 is 0.822 bits per heavy atom. The quantitative estimate of drug-likeness (QED) is 0.158. The first kappa shape index (κ1) is 32.3. The number of aliphatic imine (C=N–C) groups is 1. The van der Waals surface area contributed by atoms with Crippen LogP contribution in [0.2, 0.25) is 10.0 Å². The van der Waals surface area contributed by atoms with Gasteiger partial charge in [0.15, 0.2) is 16.7 Å². The Morgan fingerprint density at radius 2 is 1.56 bits per heavy atom. The van der Waals surface area contributed by atoms with Gasteiger partial charge in [-0.1, -0.05) is 41.4 Å². The molecule has 0 bridgehead atoms. The molecule has 0 spiro atoms. The molecule has 7 nitrogen and oxygen atoms in total. The predicted octanol–water partition coefficient (Wildman–Crippen LogP) is 9.41. The summed E-state index contributed by atoms with van der Waals surface area (Å²) in [5.41, 5.74) is 4.71. The van der Waals surface area contributed by atoms with Crippen molar-refractivity contribution in [1.82, 2.24) is 0 Å². The van der Waals surface area contributed by atoms with Crippen molar-refractivity contribution in [1.29, 1.82) is 0 Å². The molecule has 1 saturated heterocycles. The first-order chi connectivity index (χ1) is 21.7. The summed E-state index contributed by atoms with van der Waals surface area (Å²) in [6.45, 7) is 6.42. The molecule has 4 aromatic carbocycles. The third-order valence-corrected chi connectivity index (χ3v) is 8.82. The maximum Gasteiger partial charge on any atom is 0.271 e. The third kappa shape index (κ3) is 7.41. The monoisotopic (exact) mass is 662 g/mol. The molecule has 0 unspecified atom stereocenters. The van der Waals surface area contributed by atoms with Crippen LogP contribution in [-0.2, 0) is 11.4 Å². The fourth-order valence-corrected chi connectivity index (χ4v) is 5.91. The number of anilines is 1. The van der Waals surface area contributed by atoms with E-state index in [0.29, 0.717) is 61.1 Å². The molecule has 0 saturated carbocycles. The van der Waals surface area contributed by atoms with Crippen LogP contribution >= 0.6 is 35.0 Å². The first-order valence-electron chi connectivity index (χ1n) is 14.2. The number of carbonyl (C=O) groups is 1. The molecule has 0 radical (unpaired) electrons. The average Bonchev–Trinajstić information content (AvgIpc) is 3.33. The number of carbonyl (C=O) groups excluding carboxylic acids is 1. The first-order valence-corrected chi connectivity index (χ1v) is 15.7. The SMILES string of the molecule is CCOc1cc(/C=C2\SC(=Nc3ccc(C)c(Cl)c3)N(c3ccc(C)c(Cl)c3)C2=O)ccc1OCc1cc(OC)ccc1OC. The van der Waals surface area contributed by atoms with E-state index < -0.39 is 0 Å². The van der Waals surface area contributed by atoms with Crippen molar-refractivity contribution < 1.29 is 23.7 Å². The van der Waals surface area contributed by atoms with Crippen LogP contribution in [0.1, 0.15) is 29.2 Å². The fraction of sp³-hybridized carbons (Fsp3) is 0.200. The van der Waals surface area contributed by atoms with E-state index in [4.69, 9.17) is 47.1 Å². The standard InChI is InChI=1S/C35H32Cl2N2O5S/c1-6-43-32-15-23(9-13-31(32)44-20-24-17-27(41-4)12-14-30(24)42-5)16-33-34(40)39(26-11-8-22(3)29(37)19-26)35(45-33)38-25-10-7-21(2)28(36)18-25/h7-19H,6,20H2,1-5H3/b33-16-,38-35?. The Labute approximate surface area is 277 Å². The molecule has 1 heterocycles. The van der Waals surface area contributed by atoms with Gasteiger partial charge in [0.1, 0.15) is 18.1 Å². The second-order valence-electron chi connectivity index (χ2n) is 10.1. The number of thioether (sulfide) groups is 1. The van der Waals surface area contributed by atoms with E-state index in [1.165, 1.54) is 11.8 Å². The number of nitrogens with zero attached hydrogens (tertiary/aromatic N) is 2. The molecule has 1 aliphatic rings. The lowest BCUT2D eigenvalue weighted by Crippen LogP contribution is -2.28. The van der Waals surface area contributed by atoms with Crippen LogP contribution in [0.3, 0.4) is 0 Å². The van der Waals surface area contributed by atoms with Gasteiger partial charge < -0.3 is 18.9 Å². The molecular formula is C35H32Cl2N2O5S. The third-order valence-electron chi connectivity index (χ3n) is 7.04. The number of aryl methyl sites for hydroxylation is 2. The lowest BCUT2D eigenvalue weighted by atomic mass is 10.1. The number of methoxy groups -OCH3 is 2. The molecule has 0 aliphatic carbocycles. The summed E-state index contributed by atoms with van der Waals surface area (Å²) < 4.78 is 22.9. The zero-order valence-electron chi connectivity index (χ0n) is 25.5. The number of hydrogen-bond donors (Lipinski definition) is 0. The Balaban J connectivity index is 1.47. The molecule has 0 aromatic heterocycles. The van der Waals surface area contributed by atoms with Crippen molar-refractivity contribution in [2.75, 3.05) is 25.7 Å². The molecular weight excluding hydrogens is 631 g/mol. The van der Waals surface area contributed by atoms with Gasteiger partial charge in [0.25, 0.3) is 5.91 Å². The van der Waals surface area contributed by atoms with Crippen molar-refractivity contribution >= 4 is 63.5 Å². The second-order valence-corrected chi connectivity index (χ2v) is 11.9. The van der Waals surface area contributed by atoms with Crippen molar-refractivity contribution in [2.24, 2.45) is 4.99 Å². The van der Waals surface area contributed by atoms with E-state index in [0.717, 1.165) is 22.3 Å². The number of hydrogen-bond acceptors (Lipinski definition) is 7. The van der Waals surface area contributed by atoms with E-state index in [1.807, 2.05) is 87.5 Å². The summed E-state index contributed by atoms with van der Waals surface area (Å²) in [6, 6.07) is 22.2. The minimum Gasteiger partial charge on any atom is -0.497 e. The lowest BCUT2D eigenvalue weighted by Gasteiger charge is -2.17. The molecule has 1 fully saturated rings. The Morgan fingerprint density at radius 3 is 2.24 bits per heavy atom. The van der Waals surface area contributed by atoms with Gasteiger partial charge in [0.05, 0.1) is 37.1 Å². The van der Waals surface area contributed by atoms with E-state index in [1.54, 1.807) is 31.3 Å². The highest BCUT2D eigenvalue weighted by Gasteiger charge is 2.35. The highest BCUT2D eigenvalue weighted by Crippen LogP contribution is 2.40.